The van der Waals surface area contributed by atoms with Crippen LogP contribution in [-0.2, 0) is 16.0 Å². The summed E-state index contributed by atoms with van der Waals surface area (Å²) in [6.07, 6.45) is 0.327. The van der Waals surface area contributed by atoms with E-state index in [9.17, 15) is 4.79 Å². The van der Waals surface area contributed by atoms with Crippen molar-refractivity contribution in [3.05, 3.63) is 70.9 Å². The number of nitrogens with zero attached hydrogens (tertiary/aromatic N) is 2. The van der Waals surface area contributed by atoms with E-state index in [1.54, 1.807) is 7.11 Å². The molecule has 32 heavy (non-hydrogen) atoms. The molecule has 0 aliphatic carbocycles. The van der Waals surface area contributed by atoms with Crippen LogP contribution in [0, 0.1) is 13.8 Å². The molecule has 4 rings (SSSR count). The number of amides is 1. The summed E-state index contributed by atoms with van der Waals surface area (Å²) in [5.74, 6) is 0.841. The summed E-state index contributed by atoms with van der Waals surface area (Å²) in [6, 6.07) is 16.3. The molecule has 1 atom stereocenters. The largest absolute Gasteiger partial charge is 0.497 e. The molecule has 1 saturated heterocycles. The van der Waals surface area contributed by atoms with Gasteiger partial charge in [0.25, 0.3) is 0 Å². The third-order valence-electron chi connectivity index (χ3n) is 6.30. The van der Waals surface area contributed by atoms with Crippen molar-refractivity contribution >= 4 is 16.8 Å². The maximum absolute atomic E-state index is 13.0. The molecule has 6 heteroatoms. The third kappa shape index (κ3) is 4.92. The second kappa shape index (κ2) is 10.1. The summed E-state index contributed by atoms with van der Waals surface area (Å²) in [4.78, 5) is 20.1. The molecule has 1 aliphatic rings. The number of pyridine rings is 1. The van der Waals surface area contributed by atoms with Crippen molar-refractivity contribution in [1.82, 2.24) is 15.2 Å². The van der Waals surface area contributed by atoms with Crippen LogP contribution in [-0.4, -0.2) is 55.7 Å². The number of ether oxygens (including phenoxy) is 2. The van der Waals surface area contributed by atoms with Crippen LogP contribution >= 0.6 is 0 Å². The zero-order valence-electron chi connectivity index (χ0n) is 19.1. The van der Waals surface area contributed by atoms with Crippen LogP contribution in [0.15, 0.2) is 48.5 Å². The molecule has 1 aromatic heterocycles. The van der Waals surface area contributed by atoms with E-state index >= 15 is 0 Å². The Morgan fingerprint density at radius 3 is 2.56 bits per heavy atom. The topological polar surface area (TPSA) is 63.7 Å². The van der Waals surface area contributed by atoms with Crippen LogP contribution in [0.1, 0.15) is 28.4 Å². The first-order valence-electron chi connectivity index (χ1n) is 11.1. The standard InChI is InChI=1S/C26H31N3O3/c1-18-22-6-4-5-7-24(22)28-19(2)23(18)16-26(30)27-17-25(29-12-14-32-15-13-29)20-8-10-21(31-3)11-9-20/h4-11,25H,12-17H2,1-3H3,(H,27,30). The molecular formula is C26H31N3O3. The first-order chi connectivity index (χ1) is 15.6. The fraction of sp³-hybridized carbons (Fsp3) is 0.385. The highest BCUT2D eigenvalue weighted by molar-refractivity contribution is 5.86. The molecule has 2 aromatic carbocycles. The monoisotopic (exact) mass is 433 g/mol. The SMILES string of the molecule is COc1ccc(C(CNC(=O)Cc2c(C)nc3ccccc3c2C)N2CCOCC2)cc1. The van der Waals surface area contributed by atoms with Crippen LogP contribution in [0.5, 0.6) is 5.75 Å². The van der Waals surface area contributed by atoms with Crippen LogP contribution in [0.25, 0.3) is 10.9 Å². The zero-order valence-corrected chi connectivity index (χ0v) is 19.1. The first-order valence-corrected chi connectivity index (χ1v) is 11.1. The lowest BCUT2D eigenvalue weighted by Crippen LogP contribution is -2.44. The van der Waals surface area contributed by atoms with E-state index < -0.39 is 0 Å². The van der Waals surface area contributed by atoms with Gasteiger partial charge in [-0.25, -0.2) is 0 Å². The Balaban J connectivity index is 1.49. The normalized spacial score (nSPS) is 15.5. The number of hydrogen-bond acceptors (Lipinski definition) is 5. The maximum Gasteiger partial charge on any atom is 0.224 e. The highest BCUT2D eigenvalue weighted by Gasteiger charge is 2.23. The number of carbonyl (C=O) groups is 1. The predicted octanol–water partition coefficient (Wildman–Crippen LogP) is 3.59. The van der Waals surface area contributed by atoms with Gasteiger partial charge in [0.15, 0.2) is 0 Å². The molecule has 0 spiro atoms. The van der Waals surface area contributed by atoms with Crippen molar-refractivity contribution in [2.75, 3.05) is 40.0 Å². The highest BCUT2D eigenvalue weighted by Crippen LogP contribution is 2.25. The van der Waals surface area contributed by atoms with Gasteiger partial charge in [0.1, 0.15) is 5.75 Å². The van der Waals surface area contributed by atoms with Gasteiger partial charge in [-0.15, -0.1) is 0 Å². The van der Waals surface area contributed by atoms with Gasteiger partial charge in [-0.2, -0.15) is 0 Å². The van der Waals surface area contributed by atoms with Gasteiger partial charge in [-0.05, 0) is 48.7 Å². The van der Waals surface area contributed by atoms with Gasteiger partial charge in [0.05, 0.1) is 38.3 Å². The van der Waals surface area contributed by atoms with E-state index in [-0.39, 0.29) is 11.9 Å². The van der Waals surface area contributed by atoms with Gasteiger partial charge < -0.3 is 14.8 Å². The number of benzene rings is 2. The lowest BCUT2D eigenvalue weighted by molar-refractivity contribution is -0.120. The second-order valence-electron chi connectivity index (χ2n) is 8.24. The molecule has 1 N–H and O–H groups in total. The number of aromatic nitrogens is 1. The summed E-state index contributed by atoms with van der Waals surface area (Å²) in [5, 5.41) is 4.28. The van der Waals surface area contributed by atoms with Crippen LogP contribution in [0.2, 0.25) is 0 Å². The molecule has 1 amide bonds. The first kappa shape index (κ1) is 22.2. The maximum atomic E-state index is 13.0. The van der Waals surface area contributed by atoms with E-state index in [1.807, 2.05) is 37.3 Å². The molecule has 0 radical (unpaired) electrons. The minimum absolute atomic E-state index is 0.0139. The molecule has 0 saturated carbocycles. The van der Waals surface area contributed by atoms with Crippen molar-refractivity contribution in [2.24, 2.45) is 0 Å². The Labute approximate surface area is 189 Å². The molecule has 1 fully saturated rings. The van der Waals surface area contributed by atoms with Gasteiger partial charge in [-0.3, -0.25) is 14.7 Å². The predicted molar refractivity (Wildman–Crippen MR) is 126 cm³/mol. The number of hydrogen-bond donors (Lipinski definition) is 1. The zero-order chi connectivity index (χ0) is 22.5. The van der Waals surface area contributed by atoms with Crippen LogP contribution in [0.3, 0.4) is 0 Å². The fourth-order valence-corrected chi connectivity index (χ4v) is 4.44. The summed E-state index contributed by atoms with van der Waals surface area (Å²) >= 11 is 0. The molecule has 1 unspecified atom stereocenters. The van der Waals surface area contributed by atoms with Crippen LogP contribution < -0.4 is 10.1 Å². The quantitative estimate of drug-likeness (QED) is 0.617. The Morgan fingerprint density at radius 2 is 1.84 bits per heavy atom. The number of rotatable bonds is 7. The molecule has 1 aliphatic heterocycles. The van der Waals surface area contributed by atoms with E-state index in [4.69, 9.17) is 14.5 Å². The average Bonchev–Trinajstić information content (AvgIpc) is 2.83. The fourth-order valence-electron chi connectivity index (χ4n) is 4.44. The van der Waals surface area contributed by atoms with Crippen molar-refractivity contribution in [3.63, 3.8) is 0 Å². The number of methoxy groups -OCH3 is 1. The average molecular weight is 434 g/mol. The Bertz CT molecular complexity index is 1080. The number of aryl methyl sites for hydroxylation is 2. The van der Waals surface area contributed by atoms with E-state index in [0.29, 0.717) is 26.2 Å². The highest BCUT2D eigenvalue weighted by atomic mass is 16.5. The number of morpholine rings is 1. The Morgan fingerprint density at radius 1 is 1.12 bits per heavy atom. The molecule has 6 nitrogen and oxygen atoms in total. The summed E-state index contributed by atoms with van der Waals surface area (Å²) < 4.78 is 10.8. The van der Waals surface area contributed by atoms with Gasteiger partial charge in [0, 0.05) is 30.7 Å². The number of fused-ring (bicyclic) bond motifs is 1. The molecular weight excluding hydrogens is 402 g/mol. The lowest BCUT2D eigenvalue weighted by atomic mass is 9.99. The van der Waals surface area contributed by atoms with E-state index in [2.05, 4.69) is 35.3 Å². The molecule has 3 aromatic rings. The van der Waals surface area contributed by atoms with Crippen LogP contribution in [0.4, 0.5) is 0 Å². The van der Waals surface area contributed by atoms with Gasteiger partial charge in [-0.1, -0.05) is 30.3 Å². The lowest BCUT2D eigenvalue weighted by Gasteiger charge is -2.35. The summed E-state index contributed by atoms with van der Waals surface area (Å²) in [6.45, 7) is 7.72. The molecule has 168 valence electrons. The van der Waals surface area contributed by atoms with Crippen molar-refractivity contribution in [1.29, 1.82) is 0 Å². The third-order valence-corrected chi connectivity index (χ3v) is 6.30. The minimum Gasteiger partial charge on any atom is -0.497 e. The Kier molecular flexibility index (Phi) is 7.02. The minimum atomic E-state index is 0.0139. The van der Waals surface area contributed by atoms with Gasteiger partial charge in [0.2, 0.25) is 5.91 Å². The molecule has 0 bridgehead atoms. The number of para-hydroxylation sites is 1. The van der Waals surface area contributed by atoms with Crippen molar-refractivity contribution in [3.8, 4) is 5.75 Å². The van der Waals surface area contributed by atoms with Crippen molar-refractivity contribution < 1.29 is 14.3 Å². The number of carbonyl (C=O) groups excluding carboxylic acids is 1. The summed E-state index contributed by atoms with van der Waals surface area (Å²) in [5.41, 5.74) is 5.18. The summed E-state index contributed by atoms with van der Waals surface area (Å²) in [7, 11) is 1.67. The van der Waals surface area contributed by atoms with Crippen molar-refractivity contribution in [2.45, 2.75) is 26.3 Å². The molecule has 2 heterocycles. The smallest absolute Gasteiger partial charge is 0.224 e. The van der Waals surface area contributed by atoms with E-state index in [0.717, 1.165) is 52.1 Å². The van der Waals surface area contributed by atoms with E-state index in [1.165, 1.54) is 0 Å². The second-order valence-corrected chi connectivity index (χ2v) is 8.24. The number of nitrogens with one attached hydrogen (secondary N) is 1. The van der Waals surface area contributed by atoms with Gasteiger partial charge >= 0.3 is 0 Å². The Hall–Kier alpha value is -2.96.